The van der Waals surface area contributed by atoms with Gasteiger partial charge in [-0.2, -0.15) is 5.10 Å². The zero-order valence-corrected chi connectivity index (χ0v) is 12.6. The molecule has 2 N–H and O–H groups in total. The van der Waals surface area contributed by atoms with Crippen LogP contribution < -0.4 is 5.73 Å². The van der Waals surface area contributed by atoms with Gasteiger partial charge in [-0.25, -0.2) is 0 Å². The molecule has 0 atom stereocenters. The Bertz CT molecular complexity index is 463. The van der Waals surface area contributed by atoms with Crippen LogP contribution in [0.4, 0.5) is 0 Å². The fourth-order valence-corrected chi connectivity index (χ4v) is 2.98. The predicted octanol–water partition coefficient (Wildman–Crippen LogP) is 2.08. The number of carbonyl (C=O) groups is 1. The van der Waals surface area contributed by atoms with Crippen molar-refractivity contribution in [1.82, 2.24) is 9.78 Å². The second-order valence-corrected chi connectivity index (χ2v) is 5.75. The molecule has 18 heavy (non-hydrogen) atoms. The van der Waals surface area contributed by atoms with Gasteiger partial charge >= 0.3 is 0 Å². The van der Waals surface area contributed by atoms with Crippen LogP contribution in [0.25, 0.3) is 0 Å². The van der Waals surface area contributed by atoms with Gasteiger partial charge in [-0.05, 0) is 42.1 Å². The lowest BCUT2D eigenvalue weighted by Crippen LogP contribution is -2.27. The molecule has 0 radical (unpaired) electrons. The highest BCUT2D eigenvalue weighted by Gasteiger charge is 2.48. The zero-order valence-electron chi connectivity index (χ0n) is 11.0. The molecule has 1 heterocycles. The summed E-state index contributed by atoms with van der Waals surface area (Å²) in [7, 11) is 0. The summed E-state index contributed by atoms with van der Waals surface area (Å²) in [5.41, 5.74) is 7.51. The van der Waals surface area contributed by atoms with E-state index >= 15 is 0 Å². The molecule has 0 unspecified atom stereocenters. The van der Waals surface area contributed by atoms with Crippen LogP contribution in [0.1, 0.15) is 38.1 Å². The van der Waals surface area contributed by atoms with Crippen LogP contribution >= 0.6 is 15.9 Å². The van der Waals surface area contributed by atoms with Gasteiger partial charge in [-0.3, -0.25) is 9.48 Å². The third-order valence-corrected chi connectivity index (χ3v) is 4.77. The van der Waals surface area contributed by atoms with E-state index in [0.29, 0.717) is 13.0 Å². The van der Waals surface area contributed by atoms with E-state index in [1.807, 2.05) is 11.6 Å². The number of aryl methyl sites for hydroxylation is 2. The average Bonchev–Trinajstić information content (AvgIpc) is 3.13. The van der Waals surface area contributed by atoms with Crippen molar-refractivity contribution >= 4 is 21.7 Å². The maximum Gasteiger partial charge on any atom is 0.146 e. The second kappa shape index (κ2) is 5.13. The highest BCUT2D eigenvalue weighted by Crippen LogP contribution is 2.46. The number of nitrogens with two attached hydrogens (primary N) is 1. The maximum atomic E-state index is 12.3. The Kier molecular flexibility index (Phi) is 3.92. The van der Waals surface area contributed by atoms with Crippen molar-refractivity contribution in [3.05, 3.63) is 15.9 Å². The molecule has 100 valence electrons. The molecule has 1 saturated carbocycles. The van der Waals surface area contributed by atoms with Crippen LogP contribution in [0.5, 0.6) is 0 Å². The topological polar surface area (TPSA) is 60.9 Å². The molecule has 5 heteroatoms. The quantitative estimate of drug-likeness (QED) is 0.874. The van der Waals surface area contributed by atoms with Crippen LogP contribution in [-0.4, -0.2) is 22.1 Å². The third-order valence-electron chi connectivity index (χ3n) is 3.86. The fourth-order valence-electron chi connectivity index (χ4n) is 2.27. The summed E-state index contributed by atoms with van der Waals surface area (Å²) in [6.45, 7) is 5.38. The normalized spacial score (nSPS) is 16.9. The lowest BCUT2D eigenvalue weighted by atomic mass is 9.97. The lowest BCUT2D eigenvalue weighted by Gasteiger charge is -2.11. The highest BCUT2D eigenvalue weighted by atomic mass is 79.9. The van der Waals surface area contributed by atoms with Crippen LogP contribution in [0.3, 0.4) is 0 Å². The van der Waals surface area contributed by atoms with E-state index in [2.05, 4.69) is 28.0 Å². The van der Waals surface area contributed by atoms with E-state index in [4.69, 9.17) is 5.73 Å². The number of hydrogen-bond donors (Lipinski definition) is 1. The van der Waals surface area contributed by atoms with Gasteiger partial charge in [-0.1, -0.05) is 6.92 Å². The Balaban J connectivity index is 2.23. The standard InChI is InChI=1S/C13H20BrN3O/c1-3-9-12(14)10(17(4-2)16-9)7-11(18)13(8-15)5-6-13/h3-8,15H2,1-2H3. The Labute approximate surface area is 116 Å². The van der Waals surface area contributed by atoms with E-state index in [-0.39, 0.29) is 11.2 Å². The molecule has 0 spiro atoms. The highest BCUT2D eigenvalue weighted by molar-refractivity contribution is 9.10. The summed E-state index contributed by atoms with van der Waals surface area (Å²) in [5, 5.41) is 4.51. The molecule has 1 fully saturated rings. The molecule has 0 aromatic carbocycles. The van der Waals surface area contributed by atoms with Gasteiger partial charge in [0.25, 0.3) is 0 Å². The summed E-state index contributed by atoms with van der Waals surface area (Å²) >= 11 is 3.57. The summed E-state index contributed by atoms with van der Waals surface area (Å²) < 4.78 is 2.92. The Morgan fingerprint density at radius 3 is 2.61 bits per heavy atom. The molecule has 4 nitrogen and oxygen atoms in total. The van der Waals surface area contributed by atoms with Crippen LogP contribution in [0.2, 0.25) is 0 Å². The zero-order chi connectivity index (χ0) is 13.3. The fraction of sp³-hybridized carbons (Fsp3) is 0.692. The number of nitrogens with zero attached hydrogens (tertiary/aromatic N) is 2. The lowest BCUT2D eigenvalue weighted by molar-refractivity contribution is -0.123. The third kappa shape index (κ3) is 2.26. The molecule has 1 aromatic rings. The Hall–Kier alpha value is -0.680. The number of halogens is 1. The molecule has 0 saturated heterocycles. The molecule has 0 bridgehead atoms. The first-order valence-corrected chi connectivity index (χ1v) is 7.34. The summed E-state index contributed by atoms with van der Waals surface area (Å²) in [5.74, 6) is 0.267. The van der Waals surface area contributed by atoms with Crippen LogP contribution in [0, 0.1) is 5.41 Å². The molecule has 2 rings (SSSR count). The summed E-state index contributed by atoms with van der Waals surface area (Å²) in [6.07, 6.45) is 3.21. The van der Waals surface area contributed by atoms with E-state index in [1.54, 1.807) is 0 Å². The van der Waals surface area contributed by atoms with Crippen LogP contribution in [0.15, 0.2) is 4.47 Å². The molecule has 0 amide bonds. The number of hydrogen-bond acceptors (Lipinski definition) is 3. The molecular formula is C13H20BrN3O. The SMILES string of the molecule is CCc1nn(CC)c(CC(=O)C2(CN)CC2)c1Br. The molecule has 1 aromatic heterocycles. The van der Waals surface area contributed by atoms with Gasteiger partial charge in [-0.15, -0.1) is 0 Å². The minimum Gasteiger partial charge on any atom is -0.329 e. The number of ketones is 1. The minimum atomic E-state index is -0.228. The van der Waals surface area contributed by atoms with Gasteiger partial charge in [0, 0.05) is 18.5 Å². The van der Waals surface area contributed by atoms with E-state index in [9.17, 15) is 4.79 Å². The van der Waals surface area contributed by atoms with Gasteiger partial charge in [0.1, 0.15) is 5.78 Å². The number of aromatic nitrogens is 2. The predicted molar refractivity (Wildman–Crippen MR) is 74.4 cm³/mol. The molecule has 1 aliphatic rings. The smallest absolute Gasteiger partial charge is 0.146 e. The first kappa shape index (κ1) is 13.7. The maximum absolute atomic E-state index is 12.3. The van der Waals surface area contributed by atoms with Gasteiger partial charge in [0.05, 0.1) is 22.3 Å². The van der Waals surface area contributed by atoms with Crippen molar-refractivity contribution in [2.24, 2.45) is 11.1 Å². The van der Waals surface area contributed by atoms with Crippen LogP contribution in [-0.2, 0) is 24.2 Å². The number of carbonyl (C=O) groups excluding carboxylic acids is 1. The Morgan fingerprint density at radius 1 is 1.50 bits per heavy atom. The van der Waals surface area contributed by atoms with Crippen molar-refractivity contribution in [3.63, 3.8) is 0 Å². The largest absolute Gasteiger partial charge is 0.329 e. The monoisotopic (exact) mass is 313 g/mol. The van der Waals surface area contributed by atoms with Gasteiger partial charge < -0.3 is 5.73 Å². The van der Waals surface area contributed by atoms with Crippen molar-refractivity contribution in [1.29, 1.82) is 0 Å². The average molecular weight is 314 g/mol. The van der Waals surface area contributed by atoms with Crippen molar-refractivity contribution in [2.75, 3.05) is 6.54 Å². The number of rotatable bonds is 6. The van der Waals surface area contributed by atoms with E-state index < -0.39 is 0 Å². The Morgan fingerprint density at radius 2 is 2.17 bits per heavy atom. The van der Waals surface area contributed by atoms with Crippen molar-refractivity contribution in [3.8, 4) is 0 Å². The minimum absolute atomic E-state index is 0.228. The van der Waals surface area contributed by atoms with Gasteiger partial charge in [0.15, 0.2) is 0 Å². The van der Waals surface area contributed by atoms with Gasteiger partial charge in [0.2, 0.25) is 0 Å². The summed E-state index contributed by atoms with van der Waals surface area (Å²) in [4.78, 5) is 12.3. The van der Waals surface area contributed by atoms with E-state index in [0.717, 1.165) is 41.7 Å². The first-order chi connectivity index (χ1) is 8.57. The molecular weight excluding hydrogens is 294 g/mol. The van der Waals surface area contributed by atoms with E-state index in [1.165, 1.54) is 0 Å². The first-order valence-electron chi connectivity index (χ1n) is 6.55. The van der Waals surface area contributed by atoms with Crippen molar-refractivity contribution < 1.29 is 4.79 Å². The summed E-state index contributed by atoms with van der Waals surface area (Å²) in [6, 6.07) is 0. The van der Waals surface area contributed by atoms with Crippen molar-refractivity contribution in [2.45, 2.75) is 46.1 Å². The number of Topliss-reactive ketones (excluding diaryl/α,β-unsaturated/α-hetero) is 1. The second-order valence-electron chi connectivity index (χ2n) is 4.96. The molecule has 0 aliphatic heterocycles. The molecule has 1 aliphatic carbocycles.